The van der Waals surface area contributed by atoms with E-state index in [1.54, 1.807) is 31.4 Å². The van der Waals surface area contributed by atoms with Crippen molar-refractivity contribution in [1.82, 2.24) is 4.57 Å². The van der Waals surface area contributed by atoms with Gasteiger partial charge < -0.3 is 14.8 Å². The molecule has 35 heavy (non-hydrogen) atoms. The molecule has 3 rings (SSSR count). The lowest BCUT2D eigenvalue weighted by Gasteiger charge is -2.11. The third-order valence-corrected chi connectivity index (χ3v) is 6.47. The van der Waals surface area contributed by atoms with Crippen molar-refractivity contribution in [1.29, 1.82) is 5.26 Å². The summed E-state index contributed by atoms with van der Waals surface area (Å²) in [5.74, 6) is -0.0902. The van der Waals surface area contributed by atoms with Crippen molar-refractivity contribution in [3.63, 3.8) is 0 Å². The number of amides is 1. The molecule has 2 aromatic carbocycles. The number of anilines is 1. The molecule has 1 N–H and O–H groups in total. The van der Waals surface area contributed by atoms with E-state index in [0.717, 1.165) is 28.0 Å². The van der Waals surface area contributed by atoms with Crippen molar-refractivity contribution in [2.24, 2.45) is 0 Å². The summed E-state index contributed by atoms with van der Waals surface area (Å²) < 4.78 is 13.0. The number of hydrogen-bond donors (Lipinski definition) is 1. The molecule has 1 aromatic heterocycles. The number of ether oxygens (including phenoxy) is 2. The molecule has 0 unspecified atom stereocenters. The molecule has 0 aliphatic carbocycles. The van der Waals surface area contributed by atoms with E-state index in [-0.39, 0.29) is 11.1 Å². The van der Waals surface area contributed by atoms with E-state index in [4.69, 9.17) is 9.47 Å². The number of hydrogen-bond acceptors (Lipinski definition) is 6. The van der Waals surface area contributed by atoms with Crippen LogP contribution in [0.1, 0.15) is 30.0 Å². The van der Waals surface area contributed by atoms with Crippen LogP contribution in [0, 0.1) is 25.2 Å². The Morgan fingerprint density at radius 1 is 1.23 bits per heavy atom. The Morgan fingerprint density at radius 2 is 2.00 bits per heavy atom. The average Bonchev–Trinajstić information content (AvgIpc) is 3.13. The third kappa shape index (κ3) is 6.27. The summed E-state index contributed by atoms with van der Waals surface area (Å²) in [6, 6.07) is 15.0. The van der Waals surface area contributed by atoms with Crippen LogP contribution in [0.2, 0.25) is 0 Å². The van der Waals surface area contributed by atoms with E-state index < -0.39 is 5.91 Å². The molecule has 0 saturated carbocycles. The number of aromatic nitrogens is 1. The van der Waals surface area contributed by atoms with Crippen LogP contribution < -0.4 is 24.8 Å². The van der Waals surface area contributed by atoms with E-state index in [1.165, 1.54) is 4.57 Å². The van der Waals surface area contributed by atoms with Crippen LogP contribution in [-0.4, -0.2) is 30.8 Å². The first-order valence-electron chi connectivity index (χ1n) is 11.3. The van der Waals surface area contributed by atoms with Gasteiger partial charge in [0.05, 0.1) is 16.8 Å². The predicted octanol–water partition coefficient (Wildman–Crippen LogP) is 3.10. The van der Waals surface area contributed by atoms with Crippen molar-refractivity contribution in [2.45, 2.75) is 33.7 Å². The van der Waals surface area contributed by atoms with Gasteiger partial charge in [-0.15, -0.1) is 11.3 Å². The van der Waals surface area contributed by atoms with Crippen molar-refractivity contribution in [3.05, 3.63) is 78.7 Å². The predicted molar refractivity (Wildman–Crippen MR) is 139 cm³/mol. The highest BCUT2D eigenvalue weighted by molar-refractivity contribution is 7.07. The van der Waals surface area contributed by atoms with Gasteiger partial charge in [0.1, 0.15) is 16.5 Å². The monoisotopic (exact) mass is 491 g/mol. The zero-order chi connectivity index (χ0) is 25.4. The lowest BCUT2D eigenvalue weighted by atomic mass is 10.1. The van der Waals surface area contributed by atoms with Gasteiger partial charge in [-0.2, -0.15) is 5.26 Å². The number of thiazole rings is 1. The molecule has 0 fully saturated rings. The lowest BCUT2D eigenvalue weighted by molar-refractivity contribution is -0.111. The number of aryl methyl sites for hydroxylation is 2. The quantitative estimate of drug-likeness (QED) is 0.465. The van der Waals surface area contributed by atoms with Gasteiger partial charge in [0.25, 0.3) is 11.5 Å². The van der Waals surface area contributed by atoms with Crippen LogP contribution in [0.15, 0.2) is 47.3 Å². The minimum Gasteiger partial charge on any atom is -0.492 e. The number of nitrogens with one attached hydrogen (secondary N) is 1. The smallest absolute Gasteiger partial charge is 0.269 e. The van der Waals surface area contributed by atoms with E-state index in [1.807, 2.05) is 51.1 Å². The zero-order valence-corrected chi connectivity index (χ0v) is 21.2. The summed E-state index contributed by atoms with van der Waals surface area (Å²) >= 11 is 1.14. The van der Waals surface area contributed by atoms with Crippen LogP contribution >= 0.6 is 11.3 Å². The molecule has 0 bridgehead atoms. The van der Waals surface area contributed by atoms with Crippen molar-refractivity contribution in [2.75, 3.05) is 25.6 Å². The van der Waals surface area contributed by atoms with Crippen LogP contribution in [0.3, 0.4) is 0 Å². The fourth-order valence-electron chi connectivity index (χ4n) is 3.64. The van der Waals surface area contributed by atoms with Gasteiger partial charge in [0.2, 0.25) is 0 Å². The SMILES string of the molecule is CCOc1ccccc1NC(=O)/C(C#N)=c1\s/c(=C\c2ccc(C)cc2C)c(=O)n1CCCOC. The second kappa shape index (κ2) is 12.2. The van der Waals surface area contributed by atoms with Gasteiger partial charge in [-0.25, -0.2) is 0 Å². The first-order valence-corrected chi connectivity index (χ1v) is 12.2. The summed E-state index contributed by atoms with van der Waals surface area (Å²) in [5, 5.41) is 12.7. The standard InChI is InChI=1S/C27H29N3O4S/c1-5-34-23-10-7-6-9-22(23)29-25(31)21(17-28)27-30(13-8-14-33-4)26(32)24(35-27)16-20-12-11-18(2)15-19(20)3/h6-7,9-12,15-16H,5,8,13-14H2,1-4H3,(H,29,31)/b24-16-,27-21-. The number of para-hydroxylation sites is 2. The van der Waals surface area contributed by atoms with Crippen LogP contribution in [0.25, 0.3) is 11.6 Å². The molecule has 0 saturated heterocycles. The molecule has 3 aromatic rings. The summed E-state index contributed by atoms with van der Waals surface area (Å²) in [5.41, 5.74) is 3.18. The lowest BCUT2D eigenvalue weighted by Crippen LogP contribution is -2.34. The van der Waals surface area contributed by atoms with Gasteiger partial charge in [-0.1, -0.05) is 35.9 Å². The molecule has 1 amide bonds. The Balaban J connectivity index is 2.16. The maximum absolute atomic E-state index is 13.3. The average molecular weight is 492 g/mol. The Hall–Kier alpha value is -3.67. The summed E-state index contributed by atoms with van der Waals surface area (Å²) in [6.07, 6.45) is 2.38. The molecular weight excluding hydrogens is 462 g/mol. The molecule has 0 aliphatic rings. The van der Waals surface area contributed by atoms with Gasteiger partial charge >= 0.3 is 0 Å². The minimum atomic E-state index is -0.598. The molecule has 1 heterocycles. The number of nitrogens with zero attached hydrogens (tertiary/aromatic N) is 2. The summed E-state index contributed by atoms with van der Waals surface area (Å²) in [6.45, 7) is 7.06. The second-order valence-electron chi connectivity index (χ2n) is 7.95. The Labute approximate surface area is 208 Å². The van der Waals surface area contributed by atoms with Gasteiger partial charge in [-0.05, 0) is 56.5 Å². The van der Waals surface area contributed by atoms with Gasteiger partial charge in [-0.3, -0.25) is 14.2 Å². The molecular formula is C27H29N3O4S. The van der Waals surface area contributed by atoms with Crippen LogP contribution in [-0.2, 0) is 16.1 Å². The normalized spacial score (nSPS) is 12.3. The van der Waals surface area contributed by atoms with E-state index in [9.17, 15) is 14.9 Å². The maximum atomic E-state index is 13.3. The first-order chi connectivity index (χ1) is 16.9. The van der Waals surface area contributed by atoms with Gasteiger partial charge in [0, 0.05) is 20.3 Å². The third-order valence-electron chi connectivity index (χ3n) is 5.34. The highest BCUT2D eigenvalue weighted by Crippen LogP contribution is 2.24. The Kier molecular flexibility index (Phi) is 9.01. The maximum Gasteiger partial charge on any atom is 0.269 e. The molecule has 0 spiro atoms. The highest BCUT2D eigenvalue weighted by atomic mass is 32.1. The fraction of sp³-hybridized carbons (Fsp3) is 0.296. The number of nitriles is 1. The fourth-order valence-corrected chi connectivity index (χ4v) is 4.75. The molecule has 0 atom stereocenters. The van der Waals surface area contributed by atoms with Gasteiger partial charge in [0.15, 0.2) is 5.57 Å². The molecule has 0 aliphatic heterocycles. The van der Waals surface area contributed by atoms with Crippen LogP contribution in [0.4, 0.5) is 5.69 Å². The minimum absolute atomic E-state index is 0.129. The number of rotatable bonds is 9. The van der Waals surface area contributed by atoms with Crippen molar-refractivity contribution in [3.8, 4) is 11.8 Å². The molecule has 8 heteroatoms. The number of carbonyl (C=O) groups excluding carboxylic acids is 1. The van der Waals surface area contributed by atoms with E-state index in [0.29, 0.717) is 46.8 Å². The van der Waals surface area contributed by atoms with E-state index >= 15 is 0 Å². The molecule has 182 valence electrons. The van der Waals surface area contributed by atoms with E-state index in [2.05, 4.69) is 5.32 Å². The topological polar surface area (TPSA) is 93.4 Å². The zero-order valence-electron chi connectivity index (χ0n) is 20.4. The molecule has 0 radical (unpaired) electrons. The summed E-state index contributed by atoms with van der Waals surface area (Å²) in [4.78, 5) is 26.5. The number of carbonyl (C=O) groups is 1. The summed E-state index contributed by atoms with van der Waals surface area (Å²) in [7, 11) is 1.59. The van der Waals surface area contributed by atoms with Crippen molar-refractivity contribution < 1.29 is 14.3 Å². The Morgan fingerprint density at radius 3 is 2.69 bits per heavy atom. The molecule has 7 nitrogen and oxygen atoms in total. The largest absolute Gasteiger partial charge is 0.492 e. The van der Waals surface area contributed by atoms with Crippen LogP contribution in [0.5, 0.6) is 5.75 Å². The second-order valence-corrected chi connectivity index (χ2v) is 8.98. The number of benzene rings is 2. The van der Waals surface area contributed by atoms with Crippen molar-refractivity contribution >= 4 is 34.6 Å². The Bertz CT molecular complexity index is 1430. The highest BCUT2D eigenvalue weighted by Gasteiger charge is 2.17. The first kappa shape index (κ1) is 25.9. The number of methoxy groups -OCH3 is 1.